The molecule has 0 aliphatic heterocycles. The minimum atomic E-state index is -0.868. The van der Waals surface area contributed by atoms with E-state index in [-0.39, 0.29) is 13.0 Å². The van der Waals surface area contributed by atoms with Gasteiger partial charge in [0.05, 0.1) is 7.11 Å². The molecule has 2 N–H and O–H groups in total. The number of carbonyl (C=O) groups is 2. The highest BCUT2D eigenvalue weighted by Gasteiger charge is 2.24. The maximum absolute atomic E-state index is 12.1. The number of ether oxygens (including phenoxy) is 2. The maximum atomic E-state index is 12.1. The number of esters is 1. The van der Waals surface area contributed by atoms with Crippen molar-refractivity contribution in [2.75, 3.05) is 7.11 Å². The molecule has 0 spiro atoms. The number of H-pyrrole nitrogens is 1. The molecule has 0 saturated carbocycles. The number of amides is 1. The molecule has 0 saturated heterocycles. The number of benzene rings is 2. The predicted octanol–water partition coefficient (Wildman–Crippen LogP) is 3.83. The molecule has 1 atom stereocenters. The number of hydrogen-bond acceptors (Lipinski definition) is 4. The molecule has 1 heterocycles. The zero-order chi connectivity index (χ0) is 19.2. The van der Waals surface area contributed by atoms with Gasteiger partial charge in [0.2, 0.25) is 0 Å². The fraction of sp³-hybridized carbons (Fsp3) is 0.200. The molecule has 140 valence electrons. The molecule has 0 bridgehead atoms. The Hall–Kier alpha value is -2.99. The van der Waals surface area contributed by atoms with Crippen LogP contribution in [0.5, 0.6) is 0 Å². The molecule has 0 fully saturated rings. The van der Waals surface area contributed by atoms with Crippen LogP contribution in [0, 0.1) is 0 Å². The Morgan fingerprint density at radius 2 is 1.96 bits per heavy atom. The molecule has 27 heavy (non-hydrogen) atoms. The van der Waals surface area contributed by atoms with Gasteiger partial charge < -0.3 is 19.8 Å². The molecule has 2 aromatic carbocycles. The van der Waals surface area contributed by atoms with Crippen molar-refractivity contribution >= 4 is 34.6 Å². The number of carbonyl (C=O) groups excluding carboxylic acids is 2. The zero-order valence-electron chi connectivity index (χ0n) is 14.7. The minimum Gasteiger partial charge on any atom is -0.467 e. The van der Waals surface area contributed by atoms with Crippen molar-refractivity contribution in [2.45, 2.75) is 19.1 Å². The lowest BCUT2D eigenvalue weighted by atomic mass is 10.1. The molecule has 0 aliphatic carbocycles. The highest BCUT2D eigenvalue weighted by molar-refractivity contribution is 6.31. The third-order valence-corrected chi connectivity index (χ3v) is 4.38. The zero-order valence-corrected chi connectivity index (χ0v) is 15.5. The fourth-order valence-corrected chi connectivity index (χ4v) is 2.96. The highest BCUT2D eigenvalue weighted by atomic mass is 35.5. The quantitative estimate of drug-likeness (QED) is 0.631. The second kappa shape index (κ2) is 8.60. The summed E-state index contributed by atoms with van der Waals surface area (Å²) in [7, 11) is 1.28. The third-order valence-electron chi connectivity index (χ3n) is 4.14. The monoisotopic (exact) mass is 386 g/mol. The number of rotatable bonds is 6. The number of fused-ring (bicyclic) bond motifs is 1. The van der Waals surface area contributed by atoms with E-state index in [4.69, 9.17) is 21.1 Å². The Kier molecular flexibility index (Phi) is 5.98. The lowest BCUT2D eigenvalue weighted by Gasteiger charge is -2.16. The van der Waals surface area contributed by atoms with Crippen LogP contribution >= 0.6 is 11.6 Å². The molecule has 3 rings (SSSR count). The van der Waals surface area contributed by atoms with E-state index < -0.39 is 18.1 Å². The molecule has 1 aromatic heterocycles. The lowest BCUT2D eigenvalue weighted by Crippen LogP contribution is -2.43. The highest BCUT2D eigenvalue weighted by Crippen LogP contribution is 2.23. The summed E-state index contributed by atoms with van der Waals surface area (Å²) < 4.78 is 10.0. The number of nitrogens with one attached hydrogen (secondary N) is 2. The van der Waals surface area contributed by atoms with Crippen LogP contribution in [-0.2, 0) is 27.3 Å². The summed E-state index contributed by atoms with van der Waals surface area (Å²) in [6.45, 7) is 0.117. The van der Waals surface area contributed by atoms with Crippen molar-refractivity contribution < 1.29 is 19.1 Å². The largest absolute Gasteiger partial charge is 0.467 e. The van der Waals surface area contributed by atoms with Gasteiger partial charge in [-0.3, -0.25) is 0 Å². The van der Waals surface area contributed by atoms with Crippen LogP contribution in [0.1, 0.15) is 11.1 Å². The average Bonchev–Trinajstić information content (AvgIpc) is 3.07. The average molecular weight is 387 g/mol. The summed E-state index contributed by atoms with van der Waals surface area (Å²) in [5.74, 6) is -0.546. The Bertz CT molecular complexity index is 940. The molecule has 1 amide bonds. The van der Waals surface area contributed by atoms with E-state index in [1.165, 1.54) is 7.11 Å². The van der Waals surface area contributed by atoms with Gasteiger partial charge >= 0.3 is 12.1 Å². The van der Waals surface area contributed by atoms with Crippen molar-refractivity contribution in [2.24, 2.45) is 0 Å². The Balaban J connectivity index is 1.68. The van der Waals surface area contributed by atoms with E-state index in [9.17, 15) is 9.59 Å². The smallest absolute Gasteiger partial charge is 0.408 e. The van der Waals surface area contributed by atoms with Gasteiger partial charge in [0.25, 0.3) is 0 Å². The molecule has 6 nitrogen and oxygen atoms in total. The number of halogens is 1. The van der Waals surface area contributed by atoms with E-state index in [1.54, 1.807) is 18.3 Å². The van der Waals surface area contributed by atoms with Gasteiger partial charge in [-0.15, -0.1) is 0 Å². The van der Waals surface area contributed by atoms with E-state index in [2.05, 4.69) is 10.3 Å². The van der Waals surface area contributed by atoms with Crippen molar-refractivity contribution in [3.63, 3.8) is 0 Å². The summed E-state index contributed by atoms with van der Waals surface area (Å²) in [5.41, 5.74) is 2.57. The van der Waals surface area contributed by atoms with Gasteiger partial charge in [0.15, 0.2) is 0 Å². The van der Waals surface area contributed by atoms with Gasteiger partial charge in [-0.05, 0) is 23.3 Å². The molecular formula is C20H19ClN2O4. The van der Waals surface area contributed by atoms with Gasteiger partial charge in [-0.25, -0.2) is 9.59 Å². The van der Waals surface area contributed by atoms with Crippen molar-refractivity contribution in [3.05, 3.63) is 70.9 Å². The number of alkyl carbamates (subject to hydrolysis) is 1. The first-order valence-electron chi connectivity index (χ1n) is 8.37. The standard InChI is InChI=1S/C20H19ClN2O4/c1-26-19(24)18(23-20(25)27-12-13-5-3-2-4-6-13)9-14-11-22-17-10-15(21)7-8-16(14)17/h2-8,10-11,18,22H,9,12H2,1H3,(H,23,25)/t18-/m0/s1. The first-order chi connectivity index (χ1) is 13.1. The number of aromatic amines is 1. The molecule has 0 aliphatic rings. The molecule has 0 radical (unpaired) electrons. The van der Waals surface area contributed by atoms with E-state index in [1.807, 2.05) is 36.4 Å². The lowest BCUT2D eigenvalue weighted by molar-refractivity contribution is -0.142. The molecule has 0 unspecified atom stereocenters. The predicted molar refractivity (Wildman–Crippen MR) is 103 cm³/mol. The Morgan fingerprint density at radius 3 is 2.70 bits per heavy atom. The Labute approximate surface area is 161 Å². The van der Waals surface area contributed by atoms with Crippen LogP contribution in [0.3, 0.4) is 0 Å². The van der Waals surface area contributed by atoms with Gasteiger partial charge in [0.1, 0.15) is 12.6 Å². The van der Waals surface area contributed by atoms with Crippen LogP contribution < -0.4 is 5.32 Å². The summed E-state index contributed by atoms with van der Waals surface area (Å²) in [6, 6.07) is 13.9. The molecule has 7 heteroatoms. The number of methoxy groups -OCH3 is 1. The summed E-state index contributed by atoms with van der Waals surface area (Å²) >= 11 is 5.99. The summed E-state index contributed by atoms with van der Waals surface area (Å²) in [5, 5.41) is 4.11. The Morgan fingerprint density at radius 1 is 1.19 bits per heavy atom. The van der Waals surface area contributed by atoms with Crippen LogP contribution in [0.15, 0.2) is 54.7 Å². The van der Waals surface area contributed by atoms with Crippen LogP contribution in [0.4, 0.5) is 4.79 Å². The van der Waals surface area contributed by atoms with Gasteiger partial charge in [-0.2, -0.15) is 0 Å². The van der Waals surface area contributed by atoms with Crippen molar-refractivity contribution in [3.8, 4) is 0 Å². The molecule has 3 aromatic rings. The first-order valence-corrected chi connectivity index (χ1v) is 8.75. The maximum Gasteiger partial charge on any atom is 0.408 e. The second-order valence-corrected chi connectivity index (χ2v) is 6.43. The minimum absolute atomic E-state index is 0.117. The van der Waals surface area contributed by atoms with E-state index in [0.717, 1.165) is 22.0 Å². The van der Waals surface area contributed by atoms with Gasteiger partial charge in [0, 0.05) is 28.5 Å². The van der Waals surface area contributed by atoms with Gasteiger partial charge in [-0.1, -0.05) is 48.0 Å². The van der Waals surface area contributed by atoms with Crippen LogP contribution in [0.25, 0.3) is 10.9 Å². The summed E-state index contributed by atoms with van der Waals surface area (Å²) in [4.78, 5) is 27.3. The van der Waals surface area contributed by atoms with E-state index >= 15 is 0 Å². The van der Waals surface area contributed by atoms with Crippen molar-refractivity contribution in [1.29, 1.82) is 0 Å². The van der Waals surface area contributed by atoms with Crippen LogP contribution in [0.2, 0.25) is 5.02 Å². The van der Waals surface area contributed by atoms with Crippen molar-refractivity contribution in [1.82, 2.24) is 10.3 Å². The molecular weight excluding hydrogens is 368 g/mol. The SMILES string of the molecule is COC(=O)[C@H](Cc1c[nH]c2cc(Cl)ccc12)NC(=O)OCc1ccccc1. The second-order valence-electron chi connectivity index (χ2n) is 5.99. The van der Waals surface area contributed by atoms with Crippen LogP contribution in [-0.4, -0.2) is 30.2 Å². The number of hydrogen-bond donors (Lipinski definition) is 2. The summed E-state index contributed by atoms with van der Waals surface area (Å²) in [6.07, 6.45) is 1.36. The normalized spacial score (nSPS) is 11.8. The van der Waals surface area contributed by atoms with E-state index in [0.29, 0.717) is 5.02 Å². The first kappa shape index (κ1) is 18.8. The fourth-order valence-electron chi connectivity index (χ4n) is 2.79. The topological polar surface area (TPSA) is 80.4 Å². The third kappa shape index (κ3) is 4.80. The number of aromatic nitrogens is 1.